The first kappa shape index (κ1) is 19.8. The molecule has 4 rings (SSSR count). The molecule has 2 aromatic carbocycles. The van der Waals surface area contributed by atoms with Crippen LogP contribution in [0.5, 0.6) is 0 Å². The number of anilines is 2. The third-order valence-electron chi connectivity index (χ3n) is 4.69. The number of amides is 2. The lowest BCUT2D eigenvalue weighted by molar-refractivity contribution is -0.120. The summed E-state index contributed by atoms with van der Waals surface area (Å²) in [6, 6.07) is 18.2. The quantitative estimate of drug-likeness (QED) is 0.675. The second kappa shape index (κ2) is 8.47. The fourth-order valence-electron chi connectivity index (χ4n) is 3.21. The molecule has 1 N–H and O–H groups in total. The maximum atomic E-state index is 13.1. The van der Waals surface area contributed by atoms with Crippen LogP contribution < -0.4 is 10.2 Å². The third-order valence-corrected chi connectivity index (χ3v) is 4.93. The Morgan fingerprint density at radius 2 is 1.93 bits per heavy atom. The lowest BCUT2D eigenvalue weighted by atomic mass is 10.1. The molecule has 2 amide bonds. The van der Waals surface area contributed by atoms with Crippen molar-refractivity contribution in [3.05, 3.63) is 83.0 Å². The van der Waals surface area contributed by atoms with Crippen LogP contribution in [0.3, 0.4) is 0 Å². The lowest BCUT2D eigenvalue weighted by Gasteiger charge is -2.20. The number of benzene rings is 2. The van der Waals surface area contributed by atoms with E-state index in [4.69, 9.17) is 11.6 Å². The molecule has 0 fully saturated rings. The average molecular weight is 419 g/mol. The molecule has 1 aromatic heterocycles. The van der Waals surface area contributed by atoms with Crippen LogP contribution in [0.4, 0.5) is 17.2 Å². The number of aromatic nitrogens is 1. The molecule has 1 aliphatic rings. The minimum absolute atomic E-state index is 0.0733. The van der Waals surface area contributed by atoms with Crippen molar-refractivity contribution in [2.24, 2.45) is 4.99 Å². The highest BCUT2D eigenvalue weighted by Crippen LogP contribution is 2.31. The first-order chi connectivity index (χ1) is 14.5. The summed E-state index contributed by atoms with van der Waals surface area (Å²) in [5.74, 6) is -0.222. The van der Waals surface area contributed by atoms with Crippen molar-refractivity contribution in [1.29, 1.82) is 0 Å². The van der Waals surface area contributed by atoms with Gasteiger partial charge in [-0.2, -0.15) is 0 Å². The third kappa shape index (κ3) is 4.39. The molecule has 7 heteroatoms. The number of nitrogens with one attached hydrogen (secondary N) is 1. The maximum Gasteiger partial charge on any atom is 0.244 e. The van der Waals surface area contributed by atoms with Gasteiger partial charge in [0.25, 0.3) is 0 Å². The summed E-state index contributed by atoms with van der Waals surface area (Å²) in [5.41, 5.74) is 3.75. The molecule has 0 unspecified atom stereocenters. The van der Waals surface area contributed by atoms with Crippen LogP contribution in [-0.2, 0) is 9.59 Å². The second-order valence-electron chi connectivity index (χ2n) is 6.99. The van der Waals surface area contributed by atoms with Gasteiger partial charge in [-0.25, -0.2) is 9.98 Å². The molecule has 0 saturated heterocycles. The summed E-state index contributed by atoms with van der Waals surface area (Å²) in [7, 11) is 0. The van der Waals surface area contributed by atoms with Gasteiger partial charge in [-0.15, -0.1) is 0 Å². The van der Waals surface area contributed by atoms with E-state index in [2.05, 4.69) is 15.3 Å². The Morgan fingerprint density at radius 3 is 2.70 bits per heavy atom. The lowest BCUT2D eigenvalue weighted by Crippen LogP contribution is -2.38. The Hall–Kier alpha value is -3.51. The van der Waals surface area contributed by atoms with Gasteiger partial charge in [0.2, 0.25) is 11.8 Å². The number of rotatable bonds is 4. The summed E-state index contributed by atoms with van der Waals surface area (Å²) in [5, 5.41) is 3.28. The van der Waals surface area contributed by atoms with E-state index < -0.39 is 0 Å². The van der Waals surface area contributed by atoms with E-state index in [9.17, 15) is 9.59 Å². The minimum Gasteiger partial charge on any atom is -0.324 e. The van der Waals surface area contributed by atoms with Crippen molar-refractivity contribution in [2.45, 2.75) is 13.3 Å². The number of aryl methyl sites for hydroxylation is 1. The van der Waals surface area contributed by atoms with Crippen LogP contribution >= 0.6 is 11.6 Å². The highest BCUT2D eigenvalue weighted by Gasteiger charge is 2.27. The van der Waals surface area contributed by atoms with Crippen LogP contribution in [0.15, 0.2) is 71.9 Å². The molecule has 6 nitrogen and oxygen atoms in total. The molecule has 0 spiro atoms. The molecular formula is C23H19ClN4O2. The highest BCUT2D eigenvalue weighted by molar-refractivity contribution is 6.31. The SMILES string of the molecule is Cc1ccc(C2=Nc3cccnc3N(CC(=O)Nc3cccc(Cl)c3)C(=O)C2)cc1. The van der Waals surface area contributed by atoms with Gasteiger partial charge in [-0.1, -0.05) is 47.5 Å². The number of hydrogen-bond donors (Lipinski definition) is 1. The smallest absolute Gasteiger partial charge is 0.244 e. The normalized spacial score (nSPS) is 13.3. The second-order valence-corrected chi connectivity index (χ2v) is 7.42. The summed E-state index contributed by atoms with van der Waals surface area (Å²) >= 11 is 5.97. The van der Waals surface area contributed by atoms with E-state index in [1.807, 2.05) is 31.2 Å². The summed E-state index contributed by atoms with van der Waals surface area (Å²) in [6.07, 6.45) is 1.66. The zero-order valence-electron chi connectivity index (χ0n) is 16.3. The number of halogens is 1. The largest absolute Gasteiger partial charge is 0.324 e. The Kier molecular flexibility index (Phi) is 5.59. The highest BCUT2D eigenvalue weighted by atomic mass is 35.5. The van der Waals surface area contributed by atoms with E-state index >= 15 is 0 Å². The van der Waals surface area contributed by atoms with Crippen molar-refractivity contribution >= 4 is 46.3 Å². The van der Waals surface area contributed by atoms with Crippen LogP contribution in [0.25, 0.3) is 0 Å². The molecule has 2 heterocycles. The number of carbonyl (C=O) groups is 2. The molecule has 150 valence electrons. The van der Waals surface area contributed by atoms with Gasteiger partial charge in [0.15, 0.2) is 5.82 Å². The minimum atomic E-state index is -0.346. The van der Waals surface area contributed by atoms with Gasteiger partial charge in [0, 0.05) is 16.9 Å². The van der Waals surface area contributed by atoms with Gasteiger partial charge in [0.05, 0.1) is 12.1 Å². The topological polar surface area (TPSA) is 74.7 Å². The number of fused-ring (bicyclic) bond motifs is 1. The Labute approximate surface area is 179 Å². The van der Waals surface area contributed by atoms with Gasteiger partial charge in [-0.3, -0.25) is 14.5 Å². The number of hydrogen-bond acceptors (Lipinski definition) is 4. The summed E-state index contributed by atoms with van der Waals surface area (Å²) in [6.45, 7) is 1.83. The van der Waals surface area contributed by atoms with E-state index in [1.54, 1.807) is 42.6 Å². The van der Waals surface area contributed by atoms with E-state index in [1.165, 1.54) is 4.90 Å². The molecule has 3 aromatic rings. The van der Waals surface area contributed by atoms with Crippen LogP contribution in [0, 0.1) is 6.92 Å². The maximum absolute atomic E-state index is 13.1. The zero-order valence-corrected chi connectivity index (χ0v) is 17.1. The predicted molar refractivity (Wildman–Crippen MR) is 119 cm³/mol. The van der Waals surface area contributed by atoms with Crippen LogP contribution in [0.1, 0.15) is 17.5 Å². The monoisotopic (exact) mass is 418 g/mol. The molecule has 30 heavy (non-hydrogen) atoms. The van der Waals surface area contributed by atoms with Gasteiger partial charge >= 0.3 is 0 Å². The first-order valence-electron chi connectivity index (χ1n) is 9.45. The average Bonchev–Trinajstić information content (AvgIpc) is 2.85. The molecule has 0 bridgehead atoms. The summed E-state index contributed by atoms with van der Waals surface area (Å²) in [4.78, 5) is 36.1. The fourth-order valence-corrected chi connectivity index (χ4v) is 3.40. The number of pyridine rings is 1. The van der Waals surface area contributed by atoms with Crippen molar-refractivity contribution in [2.75, 3.05) is 16.8 Å². The number of carbonyl (C=O) groups excluding carboxylic acids is 2. The standard InChI is InChI=1S/C23H19ClN4O2/c1-15-7-9-16(10-8-15)20-13-22(30)28(23-19(27-20)6-3-11-25-23)14-21(29)26-18-5-2-4-17(24)12-18/h2-12H,13-14H2,1H3,(H,26,29). The van der Waals surface area contributed by atoms with Crippen LogP contribution in [0.2, 0.25) is 5.02 Å². The molecule has 0 saturated carbocycles. The van der Waals surface area contributed by atoms with E-state index in [0.29, 0.717) is 27.9 Å². The number of nitrogens with zero attached hydrogens (tertiary/aromatic N) is 3. The Balaban J connectivity index is 1.61. The van der Waals surface area contributed by atoms with E-state index in [0.717, 1.165) is 11.1 Å². The Morgan fingerprint density at radius 1 is 1.13 bits per heavy atom. The van der Waals surface area contributed by atoms with E-state index in [-0.39, 0.29) is 24.8 Å². The summed E-state index contributed by atoms with van der Waals surface area (Å²) < 4.78 is 0. The van der Waals surface area contributed by atoms with Gasteiger partial charge in [-0.05, 0) is 42.8 Å². The van der Waals surface area contributed by atoms with Gasteiger partial charge in [0.1, 0.15) is 12.2 Å². The molecule has 0 aliphatic carbocycles. The molecule has 0 radical (unpaired) electrons. The molecular weight excluding hydrogens is 400 g/mol. The first-order valence-corrected chi connectivity index (χ1v) is 9.83. The Bertz CT molecular complexity index is 1140. The van der Waals surface area contributed by atoms with Crippen molar-refractivity contribution < 1.29 is 9.59 Å². The zero-order chi connectivity index (χ0) is 21.1. The number of aliphatic imine (C=N–C) groups is 1. The van der Waals surface area contributed by atoms with Gasteiger partial charge < -0.3 is 5.32 Å². The van der Waals surface area contributed by atoms with Crippen molar-refractivity contribution in [3.8, 4) is 0 Å². The molecule has 0 atom stereocenters. The van der Waals surface area contributed by atoms with Crippen molar-refractivity contribution in [3.63, 3.8) is 0 Å². The molecule has 1 aliphatic heterocycles. The fraction of sp³-hybridized carbons (Fsp3) is 0.130. The predicted octanol–water partition coefficient (Wildman–Crippen LogP) is 4.54. The van der Waals surface area contributed by atoms with Crippen LogP contribution in [-0.4, -0.2) is 29.1 Å². The van der Waals surface area contributed by atoms with Crippen molar-refractivity contribution in [1.82, 2.24) is 4.98 Å².